The van der Waals surface area contributed by atoms with Crippen molar-refractivity contribution in [2.24, 2.45) is 5.73 Å². The maximum Gasteiger partial charge on any atom is 0.342 e. The second kappa shape index (κ2) is 13.4. The molecule has 3 atom stereocenters. The van der Waals surface area contributed by atoms with Crippen molar-refractivity contribution >= 4 is 29.6 Å². The molecule has 2 aromatic rings. The number of carbonyl (C=O) groups is 4. The van der Waals surface area contributed by atoms with Gasteiger partial charge >= 0.3 is 5.97 Å². The summed E-state index contributed by atoms with van der Waals surface area (Å²) in [6.07, 6.45) is 5.57. The van der Waals surface area contributed by atoms with Crippen molar-refractivity contribution in [1.82, 2.24) is 5.32 Å². The third-order valence-electron chi connectivity index (χ3n) is 7.39. The molecule has 0 saturated heterocycles. The number of carbonyl (C=O) groups excluding carboxylic acids is 4. The lowest BCUT2D eigenvalue weighted by atomic mass is 9.84. The molecule has 2 aliphatic heterocycles. The molecule has 2 amide bonds. The number of ether oxygens (including phenoxy) is 3. The Morgan fingerprint density at radius 3 is 2.60 bits per heavy atom. The Labute approximate surface area is 243 Å². The van der Waals surface area contributed by atoms with E-state index in [1.54, 1.807) is 37.3 Å². The summed E-state index contributed by atoms with van der Waals surface area (Å²) in [6.45, 7) is 3.16. The van der Waals surface area contributed by atoms with E-state index in [2.05, 4.69) is 5.32 Å². The van der Waals surface area contributed by atoms with Gasteiger partial charge in [-0.3, -0.25) is 14.4 Å². The second-order valence-electron chi connectivity index (χ2n) is 10.6. The monoisotopic (exact) mass is 580 g/mol. The topological polar surface area (TPSA) is 174 Å². The Morgan fingerprint density at radius 2 is 1.83 bits per heavy atom. The first-order chi connectivity index (χ1) is 20.0. The van der Waals surface area contributed by atoms with Crippen LogP contribution in [-0.4, -0.2) is 52.7 Å². The molecule has 2 heterocycles. The average molecular weight is 581 g/mol. The van der Waals surface area contributed by atoms with Crippen molar-refractivity contribution in [3.05, 3.63) is 52.6 Å². The number of Topliss-reactive ketones (excluding diaryl/α,β-unsaturated/α-hetero) is 1. The van der Waals surface area contributed by atoms with Gasteiger partial charge in [-0.15, -0.1) is 0 Å². The molecule has 224 valence electrons. The highest BCUT2D eigenvalue weighted by Gasteiger charge is 2.32. The number of cyclic esters (lactones) is 1. The van der Waals surface area contributed by atoms with Crippen LogP contribution in [0.5, 0.6) is 23.0 Å². The number of fused-ring (bicyclic) bond motifs is 2. The summed E-state index contributed by atoms with van der Waals surface area (Å²) >= 11 is 0. The highest BCUT2D eigenvalue weighted by Crippen LogP contribution is 2.46. The number of primary amides is 1. The number of ketones is 1. The number of nitrogens with two attached hydrogens (primary N) is 1. The van der Waals surface area contributed by atoms with Crippen LogP contribution in [0.3, 0.4) is 0 Å². The van der Waals surface area contributed by atoms with Gasteiger partial charge in [-0.05, 0) is 68.9 Å². The third-order valence-corrected chi connectivity index (χ3v) is 7.39. The van der Waals surface area contributed by atoms with Crippen LogP contribution in [0, 0.1) is 0 Å². The molecular formula is C31H36N2O9. The van der Waals surface area contributed by atoms with Gasteiger partial charge in [0.05, 0.1) is 6.10 Å². The van der Waals surface area contributed by atoms with Gasteiger partial charge in [0.2, 0.25) is 18.6 Å². The number of esters is 1. The Bertz CT molecular complexity index is 1400. The number of allylic oxidation sites excluding steroid dienone is 1. The summed E-state index contributed by atoms with van der Waals surface area (Å²) in [7, 11) is 0. The SMILES string of the molecule is C[C@H](NC(=O)CC(c1ccc2c(c1)OCO2)c1c(O)cc2c(c1O)C(=O)O[C@@H](C)CCCC(=O)CCC/C=C/2)C(N)=O. The number of aromatic hydroxyl groups is 2. The standard InChI is InChI=1S/C31H36N2O9/c1-17-7-6-10-21(34)9-5-3-4-8-20-13-23(35)28(29(37)27(20)31(39)42-17)22(15-26(36)33-18(2)30(32)38)19-11-12-24-25(14-19)41-16-40-24/h4,8,11-14,17-18,22,35,37H,3,5-7,9-10,15-16H2,1-2H3,(H2,32,38)(H,33,36)/b8-4+/t17-,18-,22?/m0/s1. The van der Waals surface area contributed by atoms with Crippen molar-refractivity contribution < 1.29 is 43.6 Å². The van der Waals surface area contributed by atoms with E-state index >= 15 is 0 Å². The highest BCUT2D eigenvalue weighted by atomic mass is 16.7. The number of nitrogens with one attached hydrogen (secondary N) is 1. The molecule has 4 rings (SSSR count). The number of rotatable bonds is 6. The number of hydrogen-bond donors (Lipinski definition) is 4. The fraction of sp³-hybridized carbons (Fsp3) is 0.419. The normalized spacial score (nSPS) is 19.5. The molecule has 5 N–H and O–H groups in total. The fourth-order valence-corrected chi connectivity index (χ4v) is 5.09. The van der Waals surface area contributed by atoms with Gasteiger partial charge in [0.25, 0.3) is 0 Å². The summed E-state index contributed by atoms with van der Waals surface area (Å²) in [5, 5.41) is 25.4. The van der Waals surface area contributed by atoms with Crippen molar-refractivity contribution in [2.45, 2.75) is 76.9 Å². The van der Waals surface area contributed by atoms with Gasteiger partial charge < -0.3 is 35.5 Å². The second-order valence-corrected chi connectivity index (χ2v) is 10.6. The van der Waals surface area contributed by atoms with Gasteiger partial charge in [-0.25, -0.2) is 4.79 Å². The summed E-state index contributed by atoms with van der Waals surface area (Å²) in [5.74, 6) is -2.91. The number of benzene rings is 2. The van der Waals surface area contributed by atoms with Crippen molar-refractivity contribution in [3.8, 4) is 23.0 Å². The molecule has 0 radical (unpaired) electrons. The van der Waals surface area contributed by atoms with Crippen LogP contribution in [0.25, 0.3) is 6.08 Å². The first-order valence-electron chi connectivity index (χ1n) is 14.0. The quantitative estimate of drug-likeness (QED) is 0.370. The first kappa shape index (κ1) is 30.4. The Kier molecular flexibility index (Phi) is 9.72. The molecule has 11 nitrogen and oxygen atoms in total. The van der Waals surface area contributed by atoms with Crippen LogP contribution in [0.1, 0.15) is 91.8 Å². The Morgan fingerprint density at radius 1 is 1.10 bits per heavy atom. The number of phenols is 2. The molecule has 42 heavy (non-hydrogen) atoms. The van der Waals surface area contributed by atoms with E-state index in [0.717, 1.165) is 0 Å². The van der Waals surface area contributed by atoms with E-state index in [4.69, 9.17) is 19.9 Å². The maximum atomic E-state index is 13.5. The predicted molar refractivity (Wildman–Crippen MR) is 152 cm³/mol. The van der Waals surface area contributed by atoms with E-state index in [-0.39, 0.29) is 41.4 Å². The lowest BCUT2D eigenvalue weighted by Gasteiger charge is -2.24. The summed E-state index contributed by atoms with van der Waals surface area (Å²) in [6, 6.07) is 5.32. The van der Waals surface area contributed by atoms with Crippen molar-refractivity contribution in [1.29, 1.82) is 0 Å². The minimum atomic E-state index is -0.974. The molecule has 0 aromatic heterocycles. The van der Waals surface area contributed by atoms with Gasteiger partial charge in [0.1, 0.15) is 28.9 Å². The number of amides is 2. The van der Waals surface area contributed by atoms with Crippen LogP contribution in [-0.2, 0) is 19.1 Å². The highest BCUT2D eigenvalue weighted by molar-refractivity contribution is 5.98. The van der Waals surface area contributed by atoms with Crippen LogP contribution in [0.4, 0.5) is 0 Å². The molecular weight excluding hydrogens is 544 g/mol. The maximum absolute atomic E-state index is 13.5. The van der Waals surface area contributed by atoms with Gasteiger partial charge in [0, 0.05) is 30.7 Å². The van der Waals surface area contributed by atoms with Crippen LogP contribution in [0.2, 0.25) is 0 Å². The third kappa shape index (κ3) is 7.20. The van der Waals surface area contributed by atoms with Gasteiger partial charge in [-0.2, -0.15) is 0 Å². The molecule has 0 saturated carbocycles. The Hall–Kier alpha value is -4.54. The Balaban J connectivity index is 1.81. The van der Waals surface area contributed by atoms with Crippen molar-refractivity contribution in [3.63, 3.8) is 0 Å². The summed E-state index contributed by atoms with van der Waals surface area (Å²) in [5.41, 5.74) is 5.79. The van der Waals surface area contributed by atoms with Gasteiger partial charge in [-0.1, -0.05) is 18.2 Å². The minimum Gasteiger partial charge on any atom is -0.507 e. The van der Waals surface area contributed by atoms with Crippen LogP contribution >= 0.6 is 0 Å². The fourth-order valence-electron chi connectivity index (χ4n) is 5.09. The van der Waals surface area contributed by atoms with Crippen molar-refractivity contribution in [2.75, 3.05) is 6.79 Å². The largest absolute Gasteiger partial charge is 0.507 e. The van der Waals surface area contributed by atoms with E-state index in [1.807, 2.05) is 0 Å². The predicted octanol–water partition coefficient (Wildman–Crippen LogP) is 3.82. The molecule has 2 aliphatic rings. The van der Waals surface area contributed by atoms with E-state index in [0.29, 0.717) is 55.6 Å². The lowest BCUT2D eigenvalue weighted by molar-refractivity contribution is -0.127. The zero-order valence-electron chi connectivity index (χ0n) is 23.7. The molecule has 0 bridgehead atoms. The molecule has 0 fully saturated rings. The van der Waals surface area contributed by atoms with E-state index < -0.39 is 41.6 Å². The lowest BCUT2D eigenvalue weighted by Crippen LogP contribution is -2.42. The zero-order valence-corrected chi connectivity index (χ0v) is 23.7. The number of hydrogen-bond acceptors (Lipinski definition) is 9. The first-order valence-corrected chi connectivity index (χ1v) is 14.0. The summed E-state index contributed by atoms with van der Waals surface area (Å²) < 4.78 is 16.5. The van der Waals surface area contributed by atoms with E-state index in [9.17, 15) is 29.4 Å². The summed E-state index contributed by atoms with van der Waals surface area (Å²) in [4.78, 5) is 50.2. The number of phenolic OH excluding ortho intramolecular Hbond substituents is 2. The molecule has 2 aromatic carbocycles. The molecule has 1 unspecified atom stereocenters. The van der Waals surface area contributed by atoms with Gasteiger partial charge in [0.15, 0.2) is 11.5 Å². The van der Waals surface area contributed by atoms with Crippen LogP contribution < -0.4 is 20.5 Å². The minimum absolute atomic E-state index is 0.0138. The average Bonchev–Trinajstić information content (AvgIpc) is 3.39. The van der Waals surface area contributed by atoms with E-state index in [1.165, 1.54) is 13.0 Å². The zero-order chi connectivity index (χ0) is 30.4. The molecule has 11 heteroatoms. The van der Waals surface area contributed by atoms with Crippen LogP contribution in [0.15, 0.2) is 30.3 Å². The smallest absolute Gasteiger partial charge is 0.342 e. The molecule has 0 spiro atoms. The molecule has 0 aliphatic carbocycles.